The summed E-state index contributed by atoms with van der Waals surface area (Å²) in [6.07, 6.45) is 20.3. The van der Waals surface area contributed by atoms with E-state index in [9.17, 15) is 9.90 Å². The van der Waals surface area contributed by atoms with Gasteiger partial charge in [-0.1, -0.05) is 37.6 Å². The van der Waals surface area contributed by atoms with Crippen LogP contribution in [0.15, 0.2) is 35.5 Å². The first kappa shape index (κ1) is 27.6. The van der Waals surface area contributed by atoms with Crippen molar-refractivity contribution in [3.05, 3.63) is 35.5 Å². The molecule has 0 heterocycles. The molecular weight excluding hydrogens is 440 g/mol. The summed E-state index contributed by atoms with van der Waals surface area (Å²) in [6, 6.07) is 0. The van der Waals surface area contributed by atoms with Crippen LogP contribution in [0.25, 0.3) is 0 Å². The number of carbonyl (C=O) groups excluding carboxylic acids is 1. The second-order valence-corrected chi connectivity index (χ2v) is 12.5. The highest BCUT2D eigenvalue weighted by Crippen LogP contribution is 2.70. The van der Waals surface area contributed by atoms with Crippen molar-refractivity contribution in [2.75, 3.05) is 0 Å². The van der Waals surface area contributed by atoms with E-state index in [1.54, 1.807) is 5.57 Å². The fraction of sp³-hybridized carbons (Fsp3) is 0.767. The summed E-state index contributed by atoms with van der Waals surface area (Å²) in [5.74, 6) is 1.34. The lowest BCUT2D eigenvalue weighted by Gasteiger charge is -2.45. The second-order valence-electron chi connectivity index (χ2n) is 12.5. The largest absolute Gasteiger partial charge is 0.458 e. The average molecular weight is 489 g/mol. The molecule has 4 aliphatic carbocycles. The number of carbonyl (C=O) groups is 1. The summed E-state index contributed by atoms with van der Waals surface area (Å²) in [4.78, 5) is 11.5. The normalized spacial score (nSPS) is 35.1. The molecule has 0 aliphatic heterocycles. The Balaban J connectivity index is 0.00000324. The van der Waals surface area contributed by atoms with Crippen LogP contribution in [0.1, 0.15) is 111 Å². The van der Waals surface area contributed by atoms with Crippen LogP contribution < -0.4 is 0 Å². The molecule has 34 heavy (non-hydrogen) atoms. The van der Waals surface area contributed by atoms with Crippen molar-refractivity contribution in [1.82, 2.24) is 0 Å². The Bertz CT molecular complexity index is 828. The minimum atomic E-state index is -0.538. The quantitative estimate of drug-likeness (QED) is 0.376. The maximum atomic E-state index is 11.5. The van der Waals surface area contributed by atoms with Crippen LogP contribution in [-0.2, 0) is 9.53 Å². The summed E-state index contributed by atoms with van der Waals surface area (Å²) in [6.45, 7) is 12.3. The molecule has 3 nitrogen and oxygen atoms in total. The van der Waals surface area contributed by atoms with Gasteiger partial charge in [0, 0.05) is 6.92 Å². The number of hydrogen-bond donors (Lipinski definition) is 1. The molecule has 0 bridgehead atoms. The van der Waals surface area contributed by atoms with Crippen molar-refractivity contribution >= 4 is 19.5 Å². The molecule has 192 valence electrons. The molecule has 0 spiro atoms. The Morgan fingerprint density at radius 3 is 2.53 bits per heavy atom. The monoisotopic (exact) mass is 488 g/mol. The van der Waals surface area contributed by atoms with Crippen molar-refractivity contribution < 1.29 is 14.6 Å². The lowest BCUT2D eigenvalue weighted by atomic mass is 9.59. The van der Waals surface area contributed by atoms with Crippen molar-refractivity contribution in [3.63, 3.8) is 0 Å². The minimum absolute atomic E-state index is 0. The van der Waals surface area contributed by atoms with Crippen LogP contribution in [-0.4, -0.2) is 22.8 Å². The topological polar surface area (TPSA) is 46.5 Å². The van der Waals surface area contributed by atoms with Gasteiger partial charge in [-0.15, -0.1) is 0 Å². The molecule has 2 unspecified atom stereocenters. The first-order chi connectivity index (χ1) is 15.5. The Morgan fingerprint density at radius 1 is 1.15 bits per heavy atom. The zero-order chi connectivity index (χ0) is 23.9. The number of aliphatic hydroxyl groups is 1. The van der Waals surface area contributed by atoms with E-state index >= 15 is 0 Å². The Morgan fingerprint density at radius 2 is 1.88 bits per heavy atom. The first-order valence-electron chi connectivity index (χ1n) is 13.5. The lowest BCUT2D eigenvalue weighted by Crippen LogP contribution is -2.37. The second kappa shape index (κ2) is 10.5. The number of ether oxygens (including phenoxy) is 1. The molecule has 0 aromatic heterocycles. The zero-order valence-electron chi connectivity index (χ0n) is 22.0. The lowest BCUT2D eigenvalue weighted by molar-refractivity contribution is -0.145. The van der Waals surface area contributed by atoms with Gasteiger partial charge in [0.1, 0.15) is 6.10 Å². The highest BCUT2D eigenvalue weighted by molar-refractivity contribution is 7.59. The van der Waals surface area contributed by atoms with Gasteiger partial charge in [0.25, 0.3) is 0 Å². The van der Waals surface area contributed by atoms with Gasteiger partial charge in [0.05, 0.1) is 5.60 Å². The Hall–Kier alpha value is -1.000. The van der Waals surface area contributed by atoms with Gasteiger partial charge < -0.3 is 9.84 Å². The molecule has 4 rings (SSSR count). The maximum absolute atomic E-state index is 11.5. The molecular formula is C30H48O3S. The molecule has 4 atom stereocenters. The van der Waals surface area contributed by atoms with Crippen LogP contribution in [0.4, 0.5) is 0 Å². The average Bonchev–Trinajstić information content (AvgIpc) is 3.40. The SMILES string of the molecule is C=C1/C(=C\C=C2/CCC[C@@]3(C)C2CCC3C2(CCCC(C)(C)O)CC2)CCC[C@@H]1OC(C)=O.S. The molecule has 0 aromatic rings. The van der Waals surface area contributed by atoms with Gasteiger partial charge in [-0.25, -0.2) is 0 Å². The molecule has 0 amide bonds. The Kier molecular flexibility index (Phi) is 8.56. The summed E-state index contributed by atoms with van der Waals surface area (Å²) in [5, 5.41) is 10.2. The van der Waals surface area contributed by atoms with Crippen LogP contribution >= 0.6 is 13.5 Å². The van der Waals surface area contributed by atoms with E-state index in [2.05, 4.69) is 25.7 Å². The van der Waals surface area contributed by atoms with E-state index in [1.807, 2.05) is 13.8 Å². The van der Waals surface area contributed by atoms with Gasteiger partial charge in [-0.3, -0.25) is 4.79 Å². The van der Waals surface area contributed by atoms with E-state index in [0.717, 1.165) is 43.6 Å². The zero-order valence-corrected chi connectivity index (χ0v) is 23.0. The van der Waals surface area contributed by atoms with Gasteiger partial charge in [0.2, 0.25) is 0 Å². The fourth-order valence-corrected chi connectivity index (χ4v) is 7.80. The van der Waals surface area contributed by atoms with Crippen molar-refractivity contribution in [2.24, 2.45) is 22.7 Å². The third-order valence-corrected chi connectivity index (χ3v) is 9.58. The third kappa shape index (κ3) is 5.86. The van der Waals surface area contributed by atoms with E-state index < -0.39 is 5.60 Å². The molecule has 4 aliphatic rings. The van der Waals surface area contributed by atoms with E-state index in [1.165, 1.54) is 63.9 Å². The molecule has 4 fully saturated rings. The smallest absolute Gasteiger partial charge is 0.303 e. The van der Waals surface area contributed by atoms with E-state index in [4.69, 9.17) is 4.74 Å². The summed E-state index contributed by atoms with van der Waals surface area (Å²) >= 11 is 0. The molecule has 0 saturated heterocycles. The van der Waals surface area contributed by atoms with Gasteiger partial charge in [-0.2, -0.15) is 13.5 Å². The van der Waals surface area contributed by atoms with Crippen LogP contribution in [0.2, 0.25) is 0 Å². The summed E-state index contributed by atoms with van der Waals surface area (Å²) in [5.41, 5.74) is 4.35. The van der Waals surface area contributed by atoms with E-state index in [0.29, 0.717) is 16.7 Å². The maximum Gasteiger partial charge on any atom is 0.303 e. The van der Waals surface area contributed by atoms with Gasteiger partial charge >= 0.3 is 5.97 Å². The standard InChI is InChI=1S/C30H46O3.H2S/c1-21-23(9-6-11-26(21)33-22(2)31)12-13-24-10-7-17-29(5)25(24)14-15-27(29)30(19-20-30)18-8-16-28(3,4)32;/h12-13,25-27,32H,1,6-11,14-20H2,2-5H3;1H2/b23-12-,24-13+;/t25?,26-,27?,29-;/m0./s1. The minimum Gasteiger partial charge on any atom is -0.458 e. The van der Waals surface area contributed by atoms with Crippen LogP contribution in [0.5, 0.6) is 0 Å². The van der Waals surface area contributed by atoms with E-state index in [-0.39, 0.29) is 25.6 Å². The highest BCUT2D eigenvalue weighted by atomic mass is 32.1. The third-order valence-electron chi connectivity index (χ3n) is 9.58. The predicted molar refractivity (Wildman–Crippen MR) is 145 cm³/mol. The van der Waals surface area contributed by atoms with Crippen LogP contribution in [0, 0.1) is 22.7 Å². The van der Waals surface area contributed by atoms with Crippen molar-refractivity contribution in [2.45, 2.75) is 123 Å². The molecule has 0 radical (unpaired) electrons. The number of rotatable bonds is 7. The number of esters is 1. The number of fused-ring (bicyclic) bond motifs is 1. The van der Waals surface area contributed by atoms with Crippen molar-refractivity contribution in [1.29, 1.82) is 0 Å². The molecule has 4 saturated carbocycles. The highest BCUT2D eigenvalue weighted by Gasteiger charge is 2.60. The summed E-state index contributed by atoms with van der Waals surface area (Å²) < 4.78 is 5.51. The molecule has 4 heteroatoms. The van der Waals surface area contributed by atoms with Crippen molar-refractivity contribution in [3.8, 4) is 0 Å². The Labute approximate surface area is 214 Å². The van der Waals surface area contributed by atoms with Gasteiger partial charge in [-0.05, 0) is 125 Å². The fourth-order valence-electron chi connectivity index (χ4n) is 7.80. The molecule has 1 N–H and O–H groups in total. The predicted octanol–water partition coefficient (Wildman–Crippen LogP) is 7.56. The summed E-state index contributed by atoms with van der Waals surface area (Å²) in [7, 11) is 0. The molecule has 0 aromatic carbocycles. The van der Waals surface area contributed by atoms with Crippen LogP contribution in [0.3, 0.4) is 0 Å². The number of allylic oxidation sites excluding steroid dienone is 3. The first-order valence-corrected chi connectivity index (χ1v) is 13.5. The number of hydrogen-bond acceptors (Lipinski definition) is 3. The van der Waals surface area contributed by atoms with Gasteiger partial charge in [0.15, 0.2) is 0 Å².